The first-order chi connectivity index (χ1) is 5.41. The van der Waals surface area contributed by atoms with Gasteiger partial charge in [-0.3, -0.25) is 4.55 Å². The van der Waals surface area contributed by atoms with Crippen LogP contribution in [0.3, 0.4) is 0 Å². The molecule has 4 nitrogen and oxygen atoms in total. The van der Waals surface area contributed by atoms with Crippen LogP contribution in [-0.2, 0) is 10.1 Å². The van der Waals surface area contributed by atoms with E-state index in [1.807, 2.05) is 0 Å². The Bertz CT molecular complexity index is 405. The second-order valence-electron chi connectivity index (χ2n) is 1.92. The van der Waals surface area contributed by atoms with Gasteiger partial charge >= 0.3 is 0 Å². The Hall–Kier alpha value is -0.0700. The van der Waals surface area contributed by atoms with Crippen molar-refractivity contribution < 1.29 is 13.0 Å². The maximum atomic E-state index is 10.6. The SMILES string of the molecule is Cl.O=S(=O)(O)c1cc(Cl)cnc1Cl. The molecule has 13 heavy (non-hydrogen) atoms. The standard InChI is InChI=1S/C5H3Cl2NO3S.ClH/c6-3-1-4(12(9,10)11)5(7)8-2-3;/h1-2H,(H,9,10,11);1H. The van der Waals surface area contributed by atoms with Crippen molar-refractivity contribution in [1.82, 2.24) is 4.98 Å². The smallest absolute Gasteiger partial charge is 0.282 e. The van der Waals surface area contributed by atoms with Crippen LogP contribution in [0.1, 0.15) is 0 Å². The van der Waals surface area contributed by atoms with Crippen LogP contribution >= 0.6 is 35.6 Å². The Morgan fingerprint density at radius 2 is 1.92 bits per heavy atom. The molecule has 1 N–H and O–H groups in total. The van der Waals surface area contributed by atoms with Crippen molar-refractivity contribution >= 4 is 45.7 Å². The minimum atomic E-state index is -4.33. The van der Waals surface area contributed by atoms with E-state index in [1.165, 1.54) is 6.20 Å². The van der Waals surface area contributed by atoms with Crippen molar-refractivity contribution in [2.45, 2.75) is 4.90 Å². The lowest BCUT2D eigenvalue weighted by Gasteiger charge is -1.98. The van der Waals surface area contributed by atoms with Gasteiger partial charge in [0.15, 0.2) is 0 Å². The van der Waals surface area contributed by atoms with E-state index in [9.17, 15) is 8.42 Å². The predicted molar refractivity (Wildman–Crippen MR) is 51.3 cm³/mol. The quantitative estimate of drug-likeness (QED) is 0.623. The van der Waals surface area contributed by atoms with Gasteiger partial charge in [-0.25, -0.2) is 4.98 Å². The normalized spacial score (nSPS) is 10.7. The molecule has 1 heterocycles. The fraction of sp³-hybridized carbons (Fsp3) is 0. The Morgan fingerprint density at radius 3 is 2.31 bits per heavy atom. The van der Waals surface area contributed by atoms with E-state index in [2.05, 4.69) is 4.98 Å². The van der Waals surface area contributed by atoms with E-state index in [0.29, 0.717) is 0 Å². The number of hydrogen-bond acceptors (Lipinski definition) is 3. The average molecular weight is 265 g/mol. The van der Waals surface area contributed by atoms with Crippen LogP contribution < -0.4 is 0 Å². The van der Waals surface area contributed by atoms with Crippen LogP contribution in [0.25, 0.3) is 0 Å². The van der Waals surface area contributed by atoms with Crippen LogP contribution in [0.5, 0.6) is 0 Å². The summed E-state index contributed by atoms with van der Waals surface area (Å²) in [5.41, 5.74) is 0. The molecule has 0 saturated heterocycles. The van der Waals surface area contributed by atoms with E-state index in [4.69, 9.17) is 27.8 Å². The molecule has 0 fully saturated rings. The monoisotopic (exact) mass is 263 g/mol. The molecule has 74 valence electrons. The van der Waals surface area contributed by atoms with Crippen LogP contribution in [0.2, 0.25) is 10.2 Å². The van der Waals surface area contributed by atoms with Gasteiger partial charge in [0.05, 0.1) is 5.02 Å². The highest BCUT2D eigenvalue weighted by Gasteiger charge is 2.15. The van der Waals surface area contributed by atoms with Gasteiger partial charge in [-0.15, -0.1) is 12.4 Å². The Balaban J connectivity index is 0.00000144. The zero-order valence-electron chi connectivity index (χ0n) is 5.94. The fourth-order valence-electron chi connectivity index (χ4n) is 0.585. The Labute approximate surface area is 91.0 Å². The van der Waals surface area contributed by atoms with Gasteiger partial charge in [-0.1, -0.05) is 23.2 Å². The first-order valence-corrected chi connectivity index (χ1v) is 4.89. The van der Waals surface area contributed by atoms with Crippen molar-refractivity contribution in [3.63, 3.8) is 0 Å². The molecular formula is C5H4Cl3NO3S. The van der Waals surface area contributed by atoms with E-state index < -0.39 is 15.0 Å². The first kappa shape index (κ1) is 12.9. The molecule has 0 unspecified atom stereocenters. The molecule has 0 aliphatic carbocycles. The maximum Gasteiger partial charge on any atom is 0.297 e. The third-order valence-corrected chi connectivity index (χ3v) is 2.54. The summed E-state index contributed by atoms with van der Waals surface area (Å²) in [6.07, 6.45) is 1.18. The molecule has 0 spiro atoms. The summed E-state index contributed by atoms with van der Waals surface area (Å²) in [5, 5.41) is -0.214. The van der Waals surface area contributed by atoms with Gasteiger partial charge in [-0.05, 0) is 6.07 Å². The third kappa shape index (κ3) is 3.28. The average Bonchev–Trinajstić information content (AvgIpc) is 1.92. The molecule has 0 aliphatic heterocycles. The summed E-state index contributed by atoms with van der Waals surface area (Å²) in [4.78, 5) is 2.95. The summed E-state index contributed by atoms with van der Waals surface area (Å²) in [7, 11) is -4.33. The molecular weight excluding hydrogens is 260 g/mol. The summed E-state index contributed by atoms with van der Waals surface area (Å²) in [6, 6.07) is 1.02. The van der Waals surface area contributed by atoms with Gasteiger partial charge in [-0.2, -0.15) is 8.42 Å². The molecule has 8 heteroatoms. The molecule has 0 aromatic carbocycles. The van der Waals surface area contributed by atoms with E-state index >= 15 is 0 Å². The van der Waals surface area contributed by atoms with Gasteiger partial charge < -0.3 is 0 Å². The lowest BCUT2D eigenvalue weighted by Crippen LogP contribution is -1.99. The van der Waals surface area contributed by atoms with E-state index in [1.54, 1.807) is 0 Å². The molecule has 0 bridgehead atoms. The summed E-state index contributed by atoms with van der Waals surface area (Å²) in [6.45, 7) is 0. The fourth-order valence-corrected chi connectivity index (χ4v) is 1.74. The molecule has 0 saturated carbocycles. The number of halogens is 3. The minimum Gasteiger partial charge on any atom is -0.282 e. The van der Waals surface area contributed by atoms with Crippen molar-refractivity contribution in [3.8, 4) is 0 Å². The van der Waals surface area contributed by atoms with E-state index in [-0.39, 0.29) is 22.6 Å². The molecule has 1 aromatic heterocycles. The zero-order valence-corrected chi connectivity index (χ0v) is 9.08. The molecule has 0 atom stereocenters. The highest BCUT2D eigenvalue weighted by molar-refractivity contribution is 7.86. The summed E-state index contributed by atoms with van der Waals surface area (Å²) >= 11 is 10.8. The topological polar surface area (TPSA) is 67.3 Å². The number of hydrogen-bond donors (Lipinski definition) is 1. The van der Waals surface area contributed by atoms with Crippen LogP contribution in [0.15, 0.2) is 17.2 Å². The number of pyridine rings is 1. The second kappa shape index (κ2) is 4.43. The lowest BCUT2D eigenvalue weighted by molar-refractivity contribution is 0.483. The van der Waals surface area contributed by atoms with Crippen molar-refractivity contribution in [2.24, 2.45) is 0 Å². The lowest BCUT2D eigenvalue weighted by atomic mass is 10.5. The van der Waals surface area contributed by atoms with Gasteiger partial charge in [0, 0.05) is 6.20 Å². The van der Waals surface area contributed by atoms with Crippen LogP contribution in [0.4, 0.5) is 0 Å². The molecule has 0 radical (unpaired) electrons. The van der Waals surface area contributed by atoms with Crippen molar-refractivity contribution in [1.29, 1.82) is 0 Å². The highest BCUT2D eigenvalue weighted by atomic mass is 35.5. The first-order valence-electron chi connectivity index (χ1n) is 2.70. The molecule has 0 aliphatic rings. The predicted octanol–water partition coefficient (Wildman–Crippen LogP) is 2.06. The summed E-state index contributed by atoms with van der Waals surface area (Å²) in [5.74, 6) is 0. The maximum absolute atomic E-state index is 10.6. The van der Waals surface area contributed by atoms with Crippen molar-refractivity contribution in [3.05, 3.63) is 22.4 Å². The van der Waals surface area contributed by atoms with Gasteiger partial charge in [0.25, 0.3) is 10.1 Å². The van der Waals surface area contributed by atoms with Crippen molar-refractivity contribution in [2.75, 3.05) is 0 Å². The molecule has 1 rings (SSSR count). The molecule has 0 amide bonds. The number of aromatic nitrogens is 1. The number of nitrogens with zero attached hydrogens (tertiary/aromatic N) is 1. The Kier molecular flexibility index (Phi) is 4.41. The van der Waals surface area contributed by atoms with Gasteiger partial charge in [0.1, 0.15) is 10.0 Å². The van der Waals surface area contributed by atoms with Crippen LogP contribution in [0, 0.1) is 0 Å². The van der Waals surface area contributed by atoms with E-state index in [0.717, 1.165) is 6.07 Å². The van der Waals surface area contributed by atoms with Gasteiger partial charge in [0.2, 0.25) is 0 Å². The second-order valence-corrected chi connectivity index (χ2v) is 4.10. The third-order valence-electron chi connectivity index (χ3n) is 1.05. The zero-order chi connectivity index (χ0) is 9.35. The number of rotatable bonds is 1. The Morgan fingerprint density at radius 1 is 1.38 bits per heavy atom. The largest absolute Gasteiger partial charge is 0.297 e. The summed E-state index contributed by atoms with van der Waals surface area (Å²) < 4.78 is 29.7. The van der Waals surface area contributed by atoms with Crippen LogP contribution in [-0.4, -0.2) is 18.0 Å². The highest BCUT2D eigenvalue weighted by Crippen LogP contribution is 2.21. The molecule has 1 aromatic rings. The minimum absolute atomic E-state index is 0.